The van der Waals surface area contributed by atoms with Crippen molar-refractivity contribution in [3.8, 4) is 0 Å². The minimum atomic E-state index is 0.395. The third-order valence-electron chi connectivity index (χ3n) is 4.46. The second-order valence-electron chi connectivity index (χ2n) is 5.56. The standard InChI is InChI=1S/C14H29NO/c1-6-14(7-2)12(15-5)10-13(14)16-9-8-11(3)4/h11-13,15H,6-10H2,1-5H3. The lowest BCUT2D eigenvalue weighted by atomic mass is 9.58. The van der Waals surface area contributed by atoms with Gasteiger partial charge < -0.3 is 10.1 Å². The van der Waals surface area contributed by atoms with Crippen LogP contribution in [0.4, 0.5) is 0 Å². The molecule has 1 aliphatic rings. The Morgan fingerprint density at radius 3 is 2.38 bits per heavy atom. The minimum absolute atomic E-state index is 0.395. The molecule has 1 saturated carbocycles. The molecule has 2 atom stereocenters. The molecule has 1 rings (SSSR count). The van der Waals surface area contributed by atoms with Crippen LogP contribution in [0.15, 0.2) is 0 Å². The van der Waals surface area contributed by atoms with Gasteiger partial charge in [0.2, 0.25) is 0 Å². The Morgan fingerprint density at radius 1 is 1.31 bits per heavy atom. The molecule has 1 fully saturated rings. The Morgan fingerprint density at radius 2 is 1.94 bits per heavy atom. The van der Waals surface area contributed by atoms with Crippen molar-refractivity contribution in [3.63, 3.8) is 0 Å². The molecular weight excluding hydrogens is 198 g/mol. The van der Waals surface area contributed by atoms with Crippen LogP contribution in [0, 0.1) is 11.3 Å². The zero-order valence-corrected chi connectivity index (χ0v) is 11.7. The monoisotopic (exact) mass is 227 g/mol. The molecule has 0 aromatic rings. The highest BCUT2D eigenvalue weighted by molar-refractivity contribution is 5.06. The molecule has 0 aromatic heterocycles. The smallest absolute Gasteiger partial charge is 0.0661 e. The Balaban J connectivity index is 2.43. The molecule has 0 aromatic carbocycles. The van der Waals surface area contributed by atoms with E-state index >= 15 is 0 Å². The Labute approximate surface area is 101 Å². The largest absolute Gasteiger partial charge is 0.378 e. The molecular formula is C14H29NO. The van der Waals surface area contributed by atoms with Gasteiger partial charge in [0, 0.05) is 18.1 Å². The van der Waals surface area contributed by atoms with Crippen molar-refractivity contribution in [1.82, 2.24) is 5.32 Å². The van der Waals surface area contributed by atoms with Crippen molar-refractivity contribution in [2.24, 2.45) is 11.3 Å². The van der Waals surface area contributed by atoms with E-state index in [1.54, 1.807) is 0 Å². The van der Waals surface area contributed by atoms with Gasteiger partial charge >= 0.3 is 0 Å². The van der Waals surface area contributed by atoms with Crippen molar-refractivity contribution < 1.29 is 4.74 Å². The van der Waals surface area contributed by atoms with Crippen LogP contribution in [0.3, 0.4) is 0 Å². The van der Waals surface area contributed by atoms with E-state index in [9.17, 15) is 0 Å². The summed E-state index contributed by atoms with van der Waals surface area (Å²) in [6.07, 6.45) is 5.31. The fourth-order valence-corrected chi connectivity index (χ4v) is 3.03. The quantitative estimate of drug-likeness (QED) is 0.721. The van der Waals surface area contributed by atoms with Crippen LogP contribution in [-0.4, -0.2) is 25.8 Å². The predicted octanol–water partition coefficient (Wildman–Crippen LogP) is 3.22. The highest BCUT2D eigenvalue weighted by atomic mass is 16.5. The minimum Gasteiger partial charge on any atom is -0.378 e. The van der Waals surface area contributed by atoms with E-state index in [4.69, 9.17) is 4.74 Å². The van der Waals surface area contributed by atoms with Gasteiger partial charge in [-0.1, -0.05) is 27.7 Å². The van der Waals surface area contributed by atoms with Crippen molar-refractivity contribution in [2.45, 2.75) is 65.5 Å². The van der Waals surface area contributed by atoms with Gasteiger partial charge in [0.1, 0.15) is 0 Å². The normalized spacial score (nSPS) is 28.1. The van der Waals surface area contributed by atoms with Crippen LogP contribution in [0.25, 0.3) is 0 Å². The van der Waals surface area contributed by atoms with E-state index in [0.717, 1.165) is 12.5 Å². The van der Waals surface area contributed by atoms with E-state index in [-0.39, 0.29) is 0 Å². The molecule has 0 saturated heterocycles. The van der Waals surface area contributed by atoms with Gasteiger partial charge in [0.15, 0.2) is 0 Å². The van der Waals surface area contributed by atoms with Gasteiger partial charge in [0.25, 0.3) is 0 Å². The van der Waals surface area contributed by atoms with Crippen LogP contribution in [-0.2, 0) is 4.74 Å². The van der Waals surface area contributed by atoms with E-state index in [2.05, 4.69) is 40.1 Å². The fourth-order valence-electron chi connectivity index (χ4n) is 3.03. The number of nitrogens with one attached hydrogen (secondary N) is 1. The third-order valence-corrected chi connectivity index (χ3v) is 4.46. The van der Waals surface area contributed by atoms with E-state index in [1.165, 1.54) is 25.7 Å². The van der Waals surface area contributed by atoms with Crippen molar-refractivity contribution >= 4 is 0 Å². The predicted molar refractivity (Wildman–Crippen MR) is 69.7 cm³/mol. The summed E-state index contributed by atoms with van der Waals surface area (Å²) in [5.74, 6) is 0.748. The maximum Gasteiger partial charge on any atom is 0.0661 e. The average Bonchev–Trinajstić information content (AvgIpc) is 2.24. The number of hydrogen-bond acceptors (Lipinski definition) is 2. The Hall–Kier alpha value is -0.0800. The number of rotatable bonds is 7. The van der Waals surface area contributed by atoms with Gasteiger partial charge in [0.05, 0.1) is 6.10 Å². The molecule has 0 aliphatic heterocycles. The van der Waals surface area contributed by atoms with Crippen LogP contribution >= 0.6 is 0 Å². The summed E-state index contributed by atoms with van der Waals surface area (Å²) in [4.78, 5) is 0. The Kier molecular flexibility index (Phi) is 5.26. The summed E-state index contributed by atoms with van der Waals surface area (Å²) in [6, 6.07) is 0.659. The molecule has 16 heavy (non-hydrogen) atoms. The zero-order chi connectivity index (χ0) is 12.2. The van der Waals surface area contributed by atoms with Crippen molar-refractivity contribution in [2.75, 3.05) is 13.7 Å². The molecule has 0 heterocycles. The second-order valence-corrected chi connectivity index (χ2v) is 5.56. The number of hydrogen-bond donors (Lipinski definition) is 1. The molecule has 0 amide bonds. The lowest BCUT2D eigenvalue weighted by molar-refractivity contribution is -0.140. The average molecular weight is 227 g/mol. The molecule has 0 bridgehead atoms. The third kappa shape index (κ3) is 2.60. The van der Waals surface area contributed by atoms with Crippen LogP contribution in [0.2, 0.25) is 0 Å². The fraction of sp³-hybridized carbons (Fsp3) is 1.00. The van der Waals surface area contributed by atoms with Gasteiger partial charge in [-0.3, -0.25) is 0 Å². The van der Waals surface area contributed by atoms with Gasteiger partial charge in [-0.2, -0.15) is 0 Å². The first-order chi connectivity index (χ1) is 7.60. The Bertz CT molecular complexity index is 199. The topological polar surface area (TPSA) is 21.3 Å². The van der Waals surface area contributed by atoms with Crippen LogP contribution < -0.4 is 5.32 Å². The maximum absolute atomic E-state index is 6.08. The molecule has 96 valence electrons. The summed E-state index contributed by atoms with van der Waals surface area (Å²) in [6.45, 7) is 10.0. The summed E-state index contributed by atoms with van der Waals surface area (Å²) in [5.41, 5.74) is 0.395. The molecule has 0 spiro atoms. The summed E-state index contributed by atoms with van der Waals surface area (Å²) >= 11 is 0. The molecule has 2 unspecified atom stereocenters. The molecule has 1 aliphatic carbocycles. The first kappa shape index (κ1) is 14.0. The number of ether oxygens (including phenoxy) is 1. The summed E-state index contributed by atoms with van der Waals surface area (Å²) < 4.78 is 6.08. The van der Waals surface area contributed by atoms with Crippen LogP contribution in [0.1, 0.15) is 53.4 Å². The molecule has 2 nitrogen and oxygen atoms in total. The van der Waals surface area contributed by atoms with Gasteiger partial charge in [-0.05, 0) is 38.6 Å². The highest BCUT2D eigenvalue weighted by Gasteiger charge is 2.52. The SMILES string of the molecule is CCC1(CC)C(NC)CC1OCCC(C)C. The lowest BCUT2D eigenvalue weighted by Gasteiger charge is -2.55. The first-order valence-corrected chi connectivity index (χ1v) is 6.89. The van der Waals surface area contributed by atoms with Crippen LogP contribution in [0.5, 0.6) is 0 Å². The summed E-state index contributed by atoms with van der Waals surface area (Å²) in [5, 5.41) is 3.44. The molecule has 2 heteroatoms. The van der Waals surface area contributed by atoms with Crippen molar-refractivity contribution in [1.29, 1.82) is 0 Å². The first-order valence-electron chi connectivity index (χ1n) is 6.89. The molecule has 1 N–H and O–H groups in total. The second kappa shape index (κ2) is 6.02. The lowest BCUT2D eigenvalue weighted by Crippen LogP contribution is -2.62. The van der Waals surface area contributed by atoms with E-state index < -0.39 is 0 Å². The van der Waals surface area contributed by atoms with E-state index in [1.807, 2.05) is 0 Å². The van der Waals surface area contributed by atoms with Gasteiger partial charge in [-0.25, -0.2) is 0 Å². The molecule has 0 radical (unpaired) electrons. The van der Waals surface area contributed by atoms with E-state index in [0.29, 0.717) is 17.6 Å². The summed E-state index contributed by atoms with van der Waals surface area (Å²) in [7, 11) is 2.08. The van der Waals surface area contributed by atoms with Gasteiger partial charge in [-0.15, -0.1) is 0 Å². The highest BCUT2D eigenvalue weighted by Crippen LogP contribution is 2.48. The van der Waals surface area contributed by atoms with Crippen molar-refractivity contribution in [3.05, 3.63) is 0 Å². The zero-order valence-electron chi connectivity index (χ0n) is 11.7. The maximum atomic E-state index is 6.08.